The van der Waals surface area contributed by atoms with Gasteiger partial charge in [-0.2, -0.15) is 0 Å². The number of rotatable bonds is 9. The van der Waals surface area contributed by atoms with Crippen LogP contribution in [0.15, 0.2) is 30.5 Å². The summed E-state index contributed by atoms with van der Waals surface area (Å²) in [6.07, 6.45) is -3.79. The number of carbonyl (C=O) groups excluding carboxylic acids is 1. The average molecular weight is 795 g/mol. The molecule has 14 atom stereocenters. The smallest absolute Gasteiger partial charge is 0.311 e. The molecule has 6 N–H and O–H groups in total. The fourth-order valence-corrected chi connectivity index (χ4v) is 8.85. The number of nitrogens with one attached hydrogen (secondary N) is 1. The Labute approximate surface area is 332 Å². The van der Waals surface area contributed by atoms with Crippen LogP contribution in [0, 0.1) is 17.8 Å². The minimum absolute atomic E-state index is 0.181. The van der Waals surface area contributed by atoms with Gasteiger partial charge in [-0.3, -0.25) is 14.7 Å². The van der Waals surface area contributed by atoms with Crippen molar-refractivity contribution in [3.8, 4) is 0 Å². The first kappa shape index (κ1) is 45.5. The number of halogens is 1. The highest BCUT2D eigenvalue weighted by atomic mass is 35.5. The number of fused-ring (bicyclic) bond motifs is 1. The molecule has 2 aliphatic rings. The Balaban J connectivity index is 1.64. The number of esters is 1. The Morgan fingerprint density at radius 2 is 1.76 bits per heavy atom. The number of benzene rings is 1. The molecule has 2 fully saturated rings. The summed E-state index contributed by atoms with van der Waals surface area (Å²) in [6, 6.07) is 6.64. The molecule has 2 saturated heterocycles. The average Bonchev–Trinajstić information content (AvgIpc) is 3.12. The number of likely N-dealkylation sites (N-methyl/N-ethyl adjacent to an activating group) is 1. The van der Waals surface area contributed by atoms with Crippen LogP contribution >= 0.6 is 11.6 Å². The SMILES string of the molecule is CC[C@H]1OC(=O)[C@H](C)[C@@H](O)[C@H](C)[C@@H](O[C@@H]2O[C@H](C)C[C@H](N(C)C)[C@H]2O)[C@](C)(O)C[C@@H](C)CN(CCCNc2ccnc3cc(Cl)ccc23)[C@H](C)[C@@H](O)[C@]1(C)O. The third-order valence-electron chi connectivity index (χ3n) is 11.9. The van der Waals surface area contributed by atoms with Gasteiger partial charge in [0.2, 0.25) is 0 Å². The van der Waals surface area contributed by atoms with E-state index in [0.29, 0.717) is 37.5 Å². The van der Waals surface area contributed by atoms with Crippen molar-refractivity contribution >= 4 is 34.2 Å². The van der Waals surface area contributed by atoms with Gasteiger partial charge in [-0.25, -0.2) is 0 Å². The van der Waals surface area contributed by atoms with Gasteiger partial charge in [0.1, 0.15) is 23.9 Å². The zero-order chi connectivity index (χ0) is 41.0. The Morgan fingerprint density at radius 1 is 1.07 bits per heavy atom. The van der Waals surface area contributed by atoms with E-state index in [4.69, 9.17) is 25.8 Å². The number of aliphatic hydroxyl groups excluding tert-OH is 3. The number of carbonyl (C=O) groups is 1. The summed E-state index contributed by atoms with van der Waals surface area (Å²) in [5.74, 6) is -2.84. The molecule has 2 aliphatic heterocycles. The second-order valence-corrected chi connectivity index (χ2v) is 17.4. The van der Waals surface area contributed by atoms with Crippen LogP contribution in [0.5, 0.6) is 0 Å². The lowest BCUT2D eigenvalue weighted by molar-refractivity contribution is -0.299. The molecule has 312 valence electrons. The van der Waals surface area contributed by atoms with Crippen molar-refractivity contribution in [2.24, 2.45) is 17.8 Å². The number of nitrogens with zero attached hydrogens (tertiary/aromatic N) is 3. The normalized spacial score (nSPS) is 39.0. The summed E-state index contributed by atoms with van der Waals surface area (Å²) < 4.78 is 18.5. The predicted molar refractivity (Wildman–Crippen MR) is 214 cm³/mol. The molecule has 0 bridgehead atoms. The molecule has 4 rings (SSSR count). The number of hydrogen-bond acceptors (Lipinski definition) is 13. The minimum atomic E-state index is -1.83. The zero-order valence-corrected chi connectivity index (χ0v) is 35.1. The summed E-state index contributed by atoms with van der Waals surface area (Å²) in [5, 5.41) is 64.1. The predicted octanol–water partition coefficient (Wildman–Crippen LogP) is 4.05. The van der Waals surface area contributed by atoms with Gasteiger partial charge in [-0.05, 0) is 105 Å². The summed E-state index contributed by atoms with van der Waals surface area (Å²) in [7, 11) is 3.76. The van der Waals surface area contributed by atoms with E-state index >= 15 is 0 Å². The van der Waals surface area contributed by atoms with E-state index in [0.717, 1.165) is 16.6 Å². The number of aliphatic hydroxyl groups is 5. The van der Waals surface area contributed by atoms with Crippen molar-refractivity contribution in [3.05, 3.63) is 35.5 Å². The molecule has 3 heterocycles. The van der Waals surface area contributed by atoms with Crippen LogP contribution in [-0.2, 0) is 19.0 Å². The second-order valence-electron chi connectivity index (χ2n) is 17.0. The fourth-order valence-electron chi connectivity index (χ4n) is 8.68. The summed E-state index contributed by atoms with van der Waals surface area (Å²) in [5.41, 5.74) is -1.70. The van der Waals surface area contributed by atoms with Gasteiger partial charge in [0.05, 0.1) is 35.3 Å². The number of pyridine rings is 1. The van der Waals surface area contributed by atoms with Crippen LogP contribution in [-0.4, -0.2) is 146 Å². The maximum atomic E-state index is 13.7. The molecular weight excluding hydrogens is 728 g/mol. The minimum Gasteiger partial charge on any atom is -0.459 e. The van der Waals surface area contributed by atoms with E-state index in [2.05, 4.69) is 15.2 Å². The number of aromatic nitrogens is 1. The fraction of sp³-hybridized carbons (Fsp3) is 0.756. The van der Waals surface area contributed by atoms with Crippen molar-refractivity contribution in [2.75, 3.05) is 39.0 Å². The first-order valence-electron chi connectivity index (χ1n) is 19.9. The molecule has 14 heteroatoms. The van der Waals surface area contributed by atoms with Crippen LogP contribution in [0.3, 0.4) is 0 Å². The standard InChI is InChI=1S/C41H67ClN4O9/c1-11-33-41(8,52)36(49)27(6)46(18-12-16-43-30-15-17-44-31-20-28(42)13-14-29(30)31)22-23(2)21-40(7,51)37(25(4)34(47)26(5)38(50)54-33)55-39-35(48)32(45(9)10)19-24(3)53-39/h13-15,17,20,23-27,32-37,39,47-49,51-52H,11-12,16,18-19,21-22H2,1-10H3,(H,43,44)/t23-,24-,25+,26-,27-,32+,33-,34+,35-,36-,37-,39+,40-,41-/m1/s1. The van der Waals surface area contributed by atoms with E-state index in [-0.39, 0.29) is 30.9 Å². The Kier molecular flexibility index (Phi) is 15.8. The van der Waals surface area contributed by atoms with Gasteiger partial charge in [-0.1, -0.05) is 32.4 Å². The van der Waals surface area contributed by atoms with Crippen LogP contribution < -0.4 is 5.32 Å². The highest BCUT2D eigenvalue weighted by Gasteiger charge is 2.50. The van der Waals surface area contributed by atoms with E-state index in [1.807, 2.05) is 64.0 Å². The third kappa shape index (κ3) is 10.9. The van der Waals surface area contributed by atoms with E-state index in [1.54, 1.807) is 27.0 Å². The van der Waals surface area contributed by atoms with Crippen molar-refractivity contribution < 1.29 is 44.5 Å². The summed E-state index contributed by atoms with van der Waals surface area (Å²) in [6.45, 7) is 15.4. The molecule has 0 aliphatic carbocycles. The highest BCUT2D eigenvalue weighted by Crippen LogP contribution is 2.37. The molecule has 2 aromatic rings. The summed E-state index contributed by atoms with van der Waals surface area (Å²) >= 11 is 6.19. The molecule has 55 heavy (non-hydrogen) atoms. The lowest BCUT2D eigenvalue weighted by Crippen LogP contribution is -2.59. The maximum absolute atomic E-state index is 13.7. The second kappa shape index (κ2) is 19.1. The van der Waals surface area contributed by atoms with Crippen molar-refractivity contribution in [3.63, 3.8) is 0 Å². The van der Waals surface area contributed by atoms with Gasteiger partial charge in [0.15, 0.2) is 6.29 Å². The molecular formula is C41H67ClN4O9. The van der Waals surface area contributed by atoms with Crippen LogP contribution in [0.4, 0.5) is 5.69 Å². The molecule has 0 spiro atoms. The van der Waals surface area contributed by atoms with Gasteiger partial charge >= 0.3 is 5.97 Å². The van der Waals surface area contributed by atoms with E-state index < -0.39 is 71.9 Å². The van der Waals surface area contributed by atoms with Gasteiger partial charge in [0.25, 0.3) is 0 Å². The van der Waals surface area contributed by atoms with Gasteiger partial charge in [-0.15, -0.1) is 0 Å². The Hall–Kier alpha value is -2.17. The molecule has 1 aromatic carbocycles. The van der Waals surface area contributed by atoms with Crippen LogP contribution in [0.25, 0.3) is 10.9 Å². The van der Waals surface area contributed by atoms with Crippen LogP contribution in [0.1, 0.15) is 81.1 Å². The molecule has 0 radical (unpaired) electrons. The zero-order valence-electron chi connectivity index (χ0n) is 34.4. The number of ether oxygens (including phenoxy) is 3. The largest absolute Gasteiger partial charge is 0.459 e. The quantitative estimate of drug-likeness (QED) is 0.159. The monoisotopic (exact) mass is 794 g/mol. The lowest BCUT2D eigenvalue weighted by atomic mass is 9.78. The van der Waals surface area contributed by atoms with Crippen molar-refractivity contribution in [1.82, 2.24) is 14.8 Å². The first-order valence-corrected chi connectivity index (χ1v) is 20.3. The molecule has 1 aromatic heterocycles. The molecule has 13 nitrogen and oxygen atoms in total. The Bertz CT molecular complexity index is 1550. The Morgan fingerprint density at radius 3 is 2.42 bits per heavy atom. The molecule has 0 amide bonds. The van der Waals surface area contributed by atoms with E-state index in [1.165, 1.54) is 13.8 Å². The maximum Gasteiger partial charge on any atom is 0.311 e. The molecule has 0 unspecified atom stereocenters. The summed E-state index contributed by atoms with van der Waals surface area (Å²) in [4.78, 5) is 22.1. The topological polar surface area (TPSA) is 177 Å². The third-order valence-corrected chi connectivity index (χ3v) is 12.2. The first-order chi connectivity index (χ1) is 25.7. The van der Waals surface area contributed by atoms with Gasteiger partial charge < -0.3 is 50.0 Å². The number of hydrogen-bond donors (Lipinski definition) is 6. The van der Waals surface area contributed by atoms with Crippen molar-refractivity contribution in [1.29, 1.82) is 0 Å². The molecule has 0 saturated carbocycles. The van der Waals surface area contributed by atoms with Crippen LogP contribution in [0.2, 0.25) is 5.02 Å². The van der Waals surface area contributed by atoms with Gasteiger partial charge in [0, 0.05) is 59.9 Å². The number of anilines is 1. The number of cyclic esters (lactones) is 1. The highest BCUT2D eigenvalue weighted by molar-refractivity contribution is 6.31. The van der Waals surface area contributed by atoms with E-state index in [9.17, 15) is 30.3 Å². The lowest BCUT2D eigenvalue weighted by Gasteiger charge is -2.46. The van der Waals surface area contributed by atoms with Crippen molar-refractivity contribution in [2.45, 2.75) is 147 Å².